The molecular weight excluding hydrogens is 270 g/mol. The quantitative estimate of drug-likeness (QED) is 0.639. The average Bonchev–Trinajstić information content (AvgIpc) is 2.76. The molecule has 1 aromatic rings. The van der Waals surface area contributed by atoms with E-state index in [1.54, 1.807) is 4.68 Å². The Kier molecular flexibility index (Phi) is 5.17. The number of hydrogen-bond acceptors (Lipinski definition) is 5. The summed E-state index contributed by atoms with van der Waals surface area (Å²) < 4.78 is 1.69. The van der Waals surface area contributed by atoms with Gasteiger partial charge in [-0.05, 0) is 38.8 Å². The largest absolute Gasteiger partial charge is 0.351 e. The maximum absolute atomic E-state index is 11.5. The van der Waals surface area contributed by atoms with Gasteiger partial charge in [-0.15, -0.1) is 0 Å². The highest BCUT2D eigenvalue weighted by Gasteiger charge is 2.32. The van der Waals surface area contributed by atoms with Crippen molar-refractivity contribution < 1.29 is 4.92 Å². The van der Waals surface area contributed by atoms with Crippen LogP contribution in [0.4, 0.5) is 11.5 Å². The maximum Gasteiger partial charge on any atom is 0.334 e. The maximum atomic E-state index is 11.5. The predicted molar refractivity (Wildman–Crippen MR) is 82.7 cm³/mol. The normalized spacial score (nSPS) is 19.0. The summed E-state index contributed by atoms with van der Waals surface area (Å²) >= 11 is 0. The molecule has 0 amide bonds. The molecule has 2 heterocycles. The molecule has 0 saturated carbocycles. The summed E-state index contributed by atoms with van der Waals surface area (Å²) in [6, 6.07) is 0. The Hall–Kier alpha value is -1.63. The van der Waals surface area contributed by atoms with Crippen molar-refractivity contribution >= 4 is 11.5 Å². The van der Waals surface area contributed by atoms with E-state index in [2.05, 4.69) is 15.3 Å². The number of nitrogens with one attached hydrogen (secondary N) is 1. The van der Waals surface area contributed by atoms with E-state index >= 15 is 0 Å². The number of hydrogen-bond donors (Lipinski definition) is 1. The number of aromatic nitrogens is 2. The van der Waals surface area contributed by atoms with Gasteiger partial charge in [0.1, 0.15) is 5.69 Å². The SMILES string of the molecule is CCCc1nn(C)c(N2CCCC(CNC)C2)c1[N+](=O)[O-]. The number of anilines is 1. The molecule has 7 heteroatoms. The van der Waals surface area contributed by atoms with Gasteiger partial charge < -0.3 is 10.2 Å². The molecule has 118 valence electrons. The lowest BCUT2D eigenvalue weighted by molar-refractivity contribution is -0.384. The Morgan fingerprint density at radius 2 is 2.29 bits per heavy atom. The third kappa shape index (κ3) is 3.34. The molecule has 1 aliphatic heterocycles. The molecule has 1 fully saturated rings. The number of rotatable bonds is 6. The first-order valence-electron chi connectivity index (χ1n) is 7.68. The van der Waals surface area contributed by atoms with Crippen LogP contribution in [0.5, 0.6) is 0 Å². The average molecular weight is 295 g/mol. The zero-order valence-electron chi connectivity index (χ0n) is 13.1. The second-order valence-corrected chi connectivity index (χ2v) is 5.76. The summed E-state index contributed by atoms with van der Waals surface area (Å²) in [6.07, 6.45) is 3.75. The molecule has 1 unspecified atom stereocenters. The van der Waals surface area contributed by atoms with E-state index in [1.165, 1.54) is 6.42 Å². The highest BCUT2D eigenvalue weighted by Crippen LogP contribution is 2.34. The summed E-state index contributed by atoms with van der Waals surface area (Å²) in [4.78, 5) is 13.4. The fourth-order valence-corrected chi connectivity index (χ4v) is 3.22. The van der Waals surface area contributed by atoms with Crippen LogP contribution in [-0.2, 0) is 13.5 Å². The molecule has 1 saturated heterocycles. The Morgan fingerprint density at radius 3 is 2.90 bits per heavy atom. The van der Waals surface area contributed by atoms with Crippen molar-refractivity contribution in [1.29, 1.82) is 0 Å². The van der Waals surface area contributed by atoms with Crippen molar-refractivity contribution in [2.24, 2.45) is 13.0 Å². The molecule has 1 aliphatic rings. The molecule has 0 radical (unpaired) electrons. The van der Waals surface area contributed by atoms with E-state index in [4.69, 9.17) is 0 Å². The minimum atomic E-state index is -0.269. The van der Waals surface area contributed by atoms with Crippen LogP contribution in [0.2, 0.25) is 0 Å². The lowest BCUT2D eigenvalue weighted by atomic mass is 9.98. The summed E-state index contributed by atoms with van der Waals surface area (Å²) in [5.74, 6) is 1.21. The van der Waals surface area contributed by atoms with Crippen LogP contribution >= 0.6 is 0 Å². The second-order valence-electron chi connectivity index (χ2n) is 5.76. The first-order chi connectivity index (χ1) is 10.1. The molecule has 0 bridgehead atoms. The Morgan fingerprint density at radius 1 is 1.52 bits per heavy atom. The summed E-state index contributed by atoms with van der Waals surface area (Å²) in [5, 5.41) is 19.1. The fourth-order valence-electron chi connectivity index (χ4n) is 3.22. The van der Waals surface area contributed by atoms with E-state index in [9.17, 15) is 10.1 Å². The van der Waals surface area contributed by atoms with Gasteiger partial charge in [0.05, 0.1) is 4.92 Å². The van der Waals surface area contributed by atoms with E-state index in [0.717, 1.165) is 32.5 Å². The second kappa shape index (κ2) is 6.89. The van der Waals surface area contributed by atoms with Gasteiger partial charge in [0.2, 0.25) is 5.82 Å². The van der Waals surface area contributed by atoms with Crippen molar-refractivity contribution in [2.75, 3.05) is 31.6 Å². The Balaban J connectivity index is 2.31. The van der Waals surface area contributed by atoms with E-state index in [0.29, 0.717) is 23.9 Å². The predicted octanol–water partition coefficient (Wildman–Crippen LogP) is 1.72. The van der Waals surface area contributed by atoms with Gasteiger partial charge in [-0.3, -0.25) is 10.1 Å². The lowest BCUT2D eigenvalue weighted by Gasteiger charge is -2.33. The van der Waals surface area contributed by atoms with E-state index < -0.39 is 0 Å². The fraction of sp³-hybridized carbons (Fsp3) is 0.786. The van der Waals surface area contributed by atoms with E-state index in [-0.39, 0.29) is 10.6 Å². The zero-order valence-corrected chi connectivity index (χ0v) is 13.1. The lowest BCUT2D eigenvalue weighted by Crippen LogP contribution is -2.40. The van der Waals surface area contributed by atoms with Gasteiger partial charge in [0.15, 0.2) is 0 Å². The number of aryl methyl sites for hydroxylation is 2. The van der Waals surface area contributed by atoms with Crippen LogP contribution in [0.3, 0.4) is 0 Å². The molecule has 21 heavy (non-hydrogen) atoms. The number of nitrogens with zero attached hydrogens (tertiary/aromatic N) is 4. The summed E-state index contributed by atoms with van der Waals surface area (Å²) in [7, 11) is 3.76. The molecule has 1 N–H and O–H groups in total. The molecular formula is C14H25N5O2. The Labute approximate surface area is 125 Å². The standard InChI is InChI=1S/C14H25N5O2/c1-4-6-12-13(19(20)21)14(17(3)16-12)18-8-5-7-11(10-18)9-15-2/h11,15H,4-10H2,1-3H3. The van der Waals surface area contributed by atoms with Crippen LogP contribution in [-0.4, -0.2) is 41.4 Å². The van der Waals surface area contributed by atoms with Crippen LogP contribution in [0.25, 0.3) is 0 Å². The van der Waals surface area contributed by atoms with Crippen LogP contribution < -0.4 is 10.2 Å². The van der Waals surface area contributed by atoms with Gasteiger partial charge >= 0.3 is 5.69 Å². The summed E-state index contributed by atoms with van der Waals surface area (Å²) in [6.45, 7) is 4.69. The topological polar surface area (TPSA) is 76.2 Å². The first-order valence-corrected chi connectivity index (χ1v) is 7.68. The monoisotopic (exact) mass is 295 g/mol. The highest BCUT2D eigenvalue weighted by molar-refractivity contribution is 5.62. The molecule has 0 aromatic carbocycles. The third-order valence-electron chi connectivity index (χ3n) is 4.04. The van der Waals surface area contributed by atoms with Crippen LogP contribution in [0.1, 0.15) is 31.9 Å². The minimum Gasteiger partial charge on any atom is -0.351 e. The molecule has 2 rings (SSSR count). The number of piperidine rings is 1. The van der Waals surface area contributed by atoms with Gasteiger partial charge in [-0.25, -0.2) is 4.68 Å². The molecule has 1 atom stereocenters. The summed E-state index contributed by atoms with van der Waals surface area (Å²) in [5.41, 5.74) is 0.806. The molecule has 0 aliphatic carbocycles. The van der Waals surface area contributed by atoms with Crippen molar-refractivity contribution in [3.8, 4) is 0 Å². The van der Waals surface area contributed by atoms with Gasteiger partial charge in [0, 0.05) is 20.1 Å². The van der Waals surface area contributed by atoms with E-state index in [1.807, 2.05) is 21.0 Å². The molecule has 7 nitrogen and oxygen atoms in total. The zero-order chi connectivity index (χ0) is 15.4. The van der Waals surface area contributed by atoms with Crippen LogP contribution in [0.15, 0.2) is 0 Å². The number of nitro groups is 1. The third-order valence-corrected chi connectivity index (χ3v) is 4.04. The van der Waals surface area contributed by atoms with Gasteiger partial charge in [0.25, 0.3) is 0 Å². The van der Waals surface area contributed by atoms with Crippen molar-refractivity contribution in [1.82, 2.24) is 15.1 Å². The smallest absolute Gasteiger partial charge is 0.334 e. The Bertz CT molecular complexity index is 498. The van der Waals surface area contributed by atoms with Crippen molar-refractivity contribution in [3.05, 3.63) is 15.8 Å². The van der Waals surface area contributed by atoms with Crippen molar-refractivity contribution in [2.45, 2.75) is 32.6 Å². The van der Waals surface area contributed by atoms with Crippen LogP contribution in [0, 0.1) is 16.0 Å². The first kappa shape index (κ1) is 15.8. The minimum absolute atomic E-state index is 0.199. The van der Waals surface area contributed by atoms with Crippen molar-refractivity contribution in [3.63, 3.8) is 0 Å². The molecule has 1 aromatic heterocycles. The van der Waals surface area contributed by atoms with Gasteiger partial charge in [-0.1, -0.05) is 13.3 Å². The highest BCUT2D eigenvalue weighted by atomic mass is 16.6. The molecule has 0 spiro atoms. The van der Waals surface area contributed by atoms with Gasteiger partial charge in [-0.2, -0.15) is 5.10 Å².